The smallest absolute Gasteiger partial charge is 0.250 e. The normalized spacial score (nSPS) is 10.3. The summed E-state index contributed by atoms with van der Waals surface area (Å²) in [5, 5.41) is 17.7. The first-order valence-corrected chi connectivity index (χ1v) is 7.07. The zero-order chi connectivity index (χ0) is 16.9. The van der Waals surface area contributed by atoms with Crippen LogP contribution >= 0.6 is 0 Å². The van der Waals surface area contributed by atoms with Gasteiger partial charge in [0, 0.05) is 17.8 Å². The molecule has 0 unspecified atom stereocenters. The minimum atomic E-state index is 0.300. The van der Waals surface area contributed by atoms with Gasteiger partial charge in [0.25, 0.3) is 0 Å². The number of benzene rings is 1. The first-order valence-electron chi connectivity index (χ1n) is 7.07. The Morgan fingerprint density at radius 3 is 2.54 bits per heavy atom. The van der Waals surface area contributed by atoms with Crippen molar-refractivity contribution in [2.24, 2.45) is 0 Å². The van der Waals surface area contributed by atoms with Crippen LogP contribution in [0.15, 0.2) is 35.0 Å². The van der Waals surface area contributed by atoms with E-state index in [2.05, 4.69) is 31.0 Å². The predicted molar refractivity (Wildman–Crippen MR) is 87.2 cm³/mol. The van der Waals surface area contributed by atoms with Crippen molar-refractivity contribution in [2.45, 2.75) is 6.92 Å². The minimum Gasteiger partial charge on any atom is -0.493 e. The van der Waals surface area contributed by atoms with Crippen molar-refractivity contribution in [1.29, 1.82) is 0 Å². The number of aromatic nitrogens is 4. The maximum Gasteiger partial charge on any atom is 0.250 e. The Bertz CT molecular complexity index is 836. The largest absolute Gasteiger partial charge is 0.493 e. The van der Waals surface area contributed by atoms with E-state index in [1.807, 2.05) is 6.07 Å². The Kier molecular flexibility index (Phi) is 4.41. The molecule has 0 bridgehead atoms. The van der Waals surface area contributed by atoms with Gasteiger partial charge in [-0.05, 0) is 19.1 Å². The van der Waals surface area contributed by atoms with Gasteiger partial charge in [0.05, 0.1) is 20.4 Å². The number of methoxy groups -OCH3 is 2. The van der Waals surface area contributed by atoms with Gasteiger partial charge in [-0.3, -0.25) is 0 Å². The first-order chi connectivity index (χ1) is 11.7. The van der Waals surface area contributed by atoms with Crippen LogP contribution in [-0.2, 0) is 0 Å². The molecule has 0 aliphatic heterocycles. The SMILES string of the molecule is COc1ccc(Nc2cnnc(Nc3cc(C)on3)n2)cc1OC. The lowest BCUT2D eigenvalue weighted by molar-refractivity contribution is 0.355. The van der Waals surface area contributed by atoms with Gasteiger partial charge in [-0.1, -0.05) is 5.16 Å². The number of hydrogen-bond donors (Lipinski definition) is 2. The Balaban J connectivity index is 1.77. The highest BCUT2D eigenvalue weighted by atomic mass is 16.5. The summed E-state index contributed by atoms with van der Waals surface area (Å²) in [7, 11) is 3.17. The highest BCUT2D eigenvalue weighted by Crippen LogP contribution is 2.30. The summed E-state index contributed by atoms with van der Waals surface area (Å²) in [4.78, 5) is 4.32. The lowest BCUT2D eigenvalue weighted by Crippen LogP contribution is -2.02. The number of aryl methyl sites for hydroxylation is 1. The van der Waals surface area contributed by atoms with E-state index in [1.54, 1.807) is 39.3 Å². The molecule has 0 spiro atoms. The second-order valence-corrected chi connectivity index (χ2v) is 4.81. The van der Waals surface area contributed by atoms with E-state index in [1.165, 1.54) is 6.20 Å². The topological polar surface area (TPSA) is 107 Å². The van der Waals surface area contributed by atoms with Crippen molar-refractivity contribution in [3.63, 3.8) is 0 Å². The first kappa shape index (κ1) is 15.5. The maximum absolute atomic E-state index is 5.28. The van der Waals surface area contributed by atoms with Crippen molar-refractivity contribution in [1.82, 2.24) is 20.3 Å². The fraction of sp³-hybridized carbons (Fsp3) is 0.200. The molecule has 24 heavy (non-hydrogen) atoms. The van der Waals surface area contributed by atoms with Crippen LogP contribution in [-0.4, -0.2) is 34.6 Å². The summed E-state index contributed by atoms with van der Waals surface area (Å²) in [5.41, 5.74) is 0.774. The number of nitrogens with zero attached hydrogens (tertiary/aromatic N) is 4. The van der Waals surface area contributed by atoms with Crippen molar-refractivity contribution in [3.05, 3.63) is 36.2 Å². The molecule has 2 aromatic heterocycles. The highest BCUT2D eigenvalue weighted by Gasteiger charge is 2.07. The second kappa shape index (κ2) is 6.82. The van der Waals surface area contributed by atoms with E-state index < -0.39 is 0 Å². The fourth-order valence-electron chi connectivity index (χ4n) is 2.02. The van der Waals surface area contributed by atoms with Crippen LogP contribution in [0.2, 0.25) is 0 Å². The molecule has 9 nitrogen and oxygen atoms in total. The van der Waals surface area contributed by atoms with Crippen LogP contribution in [0.25, 0.3) is 0 Å². The number of nitrogens with one attached hydrogen (secondary N) is 2. The molecule has 2 heterocycles. The molecular weight excluding hydrogens is 312 g/mol. The predicted octanol–water partition coefficient (Wildman–Crippen LogP) is 2.67. The average molecular weight is 328 g/mol. The van der Waals surface area contributed by atoms with E-state index in [0.717, 1.165) is 5.69 Å². The molecule has 0 amide bonds. The van der Waals surface area contributed by atoms with E-state index in [-0.39, 0.29) is 0 Å². The van der Waals surface area contributed by atoms with Crippen LogP contribution in [0.5, 0.6) is 11.5 Å². The molecule has 9 heteroatoms. The lowest BCUT2D eigenvalue weighted by atomic mass is 10.2. The third-order valence-corrected chi connectivity index (χ3v) is 3.08. The quantitative estimate of drug-likeness (QED) is 0.706. The molecule has 3 rings (SSSR count). The number of rotatable bonds is 6. The maximum atomic E-state index is 5.28. The van der Waals surface area contributed by atoms with Crippen molar-refractivity contribution in [3.8, 4) is 11.5 Å². The number of ether oxygens (including phenoxy) is 2. The lowest BCUT2D eigenvalue weighted by Gasteiger charge is -2.11. The van der Waals surface area contributed by atoms with Crippen molar-refractivity contribution >= 4 is 23.3 Å². The van der Waals surface area contributed by atoms with Crippen molar-refractivity contribution < 1.29 is 14.0 Å². The van der Waals surface area contributed by atoms with Gasteiger partial charge in [0.1, 0.15) is 5.76 Å². The Hall–Kier alpha value is -3.36. The summed E-state index contributed by atoms with van der Waals surface area (Å²) in [6, 6.07) is 7.18. The molecule has 0 saturated heterocycles. The summed E-state index contributed by atoms with van der Waals surface area (Å²) >= 11 is 0. The van der Waals surface area contributed by atoms with Crippen LogP contribution < -0.4 is 20.1 Å². The van der Waals surface area contributed by atoms with Gasteiger partial charge < -0.3 is 24.6 Å². The van der Waals surface area contributed by atoms with E-state index in [0.29, 0.717) is 34.8 Å². The van der Waals surface area contributed by atoms with Crippen LogP contribution in [0, 0.1) is 6.92 Å². The van der Waals surface area contributed by atoms with Gasteiger partial charge in [-0.2, -0.15) is 10.1 Å². The number of anilines is 4. The molecule has 0 aliphatic rings. The summed E-state index contributed by atoms with van der Waals surface area (Å²) in [5.74, 6) is 3.27. The minimum absolute atomic E-state index is 0.300. The second-order valence-electron chi connectivity index (χ2n) is 4.81. The number of hydrogen-bond acceptors (Lipinski definition) is 9. The van der Waals surface area contributed by atoms with Crippen LogP contribution in [0.1, 0.15) is 5.76 Å². The fourth-order valence-corrected chi connectivity index (χ4v) is 2.02. The molecule has 1 aromatic carbocycles. The van der Waals surface area contributed by atoms with E-state index >= 15 is 0 Å². The van der Waals surface area contributed by atoms with Crippen LogP contribution in [0.3, 0.4) is 0 Å². The van der Waals surface area contributed by atoms with E-state index in [4.69, 9.17) is 14.0 Å². The van der Waals surface area contributed by atoms with Crippen molar-refractivity contribution in [2.75, 3.05) is 24.9 Å². The Labute approximate surface area is 138 Å². The van der Waals surface area contributed by atoms with Gasteiger partial charge >= 0.3 is 0 Å². The molecule has 124 valence electrons. The standard InChI is InChI=1S/C15H16N6O3/c1-9-6-13(21-24-9)18-15-19-14(8-16-20-15)17-10-4-5-11(22-2)12(7-10)23-3/h4-8H,1-3H3,(H2,17,18,19,20,21). The molecule has 0 atom stereocenters. The molecule has 0 saturated carbocycles. The molecule has 0 radical (unpaired) electrons. The zero-order valence-corrected chi connectivity index (χ0v) is 13.4. The molecule has 0 fully saturated rings. The van der Waals surface area contributed by atoms with Crippen LogP contribution in [0.4, 0.5) is 23.3 Å². The molecule has 2 N–H and O–H groups in total. The zero-order valence-electron chi connectivity index (χ0n) is 13.4. The average Bonchev–Trinajstić information content (AvgIpc) is 3.00. The third-order valence-electron chi connectivity index (χ3n) is 3.08. The Morgan fingerprint density at radius 1 is 1.00 bits per heavy atom. The van der Waals surface area contributed by atoms with Gasteiger partial charge in [0.2, 0.25) is 5.95 Å². The monoisotopic (exact) mass is 328 g/mol. The summed E-state index contributed by atoms with van der Waals surface area (Å²) in [6.07, 6.45) is 1.51. The van der Waals surface area contributed by atoms with E-state index in [9.17, 15) is 0 Å². The van der Waals surface area contributed by atoms with Gasteiger partial charge in [-0.15, -0.1) is 5.10 Å². The molecule has 3 aromatic rings. The highest BCUT2D eigenvalue weighted by molar-refractivity contribution is 5.61. The summed E-state index contributed by atoms with van der Waals surface area (Å²) in [6.45, 7) is 1.80. The summed E-state index contributed by atoms with van der Waals surface area (Å²) < 4.78 is 15.5. The molecular formula is C15H16N6O3. The third kappa shape index (κ3) is 3.51. The van der Waals surface area contributed by atoms with Gasteiger partial charge in [-0.25, -0.2) is 0 Å². The molecule has 0 aliphatic carbocycles. The Morgan fingerprint density at radius 2 is 1.83 bits per heavy atom. The van der Waals surface area contributed by atoms with Gasteiger partial charge in [0.15, 0.2) is 23.1 Å².